The van der Waals surface area contributed by atoms with E-state index in [0.717, 1.165) is 5.56 Å². The van der Waals surface area contributed by atoms with Crippen molar-refractivity contribution in [3.63, 3.8) is 0 Å². The van der Waals surface area contributed by atoms with Crippen LogP contribution in [0.1, 0.15) is 52.8 Å². The van der Waals surface area contributed by atoms with Gasteiger partial charge in [-0.05, 0) is 15.0 Å². The van der Waals surface area contributed by atoms with Crippen molar-refractivity contribution in [3.8, 4) is 0 Å². The number of carbonyl (C=O) groups excluding carboxylic acids is 2. The van der Waals surface area contributed by atoms with Crippen LogP contribution in [0, 0.1) is 0 Å². The lowest BCUT2D eigenvalue weighted by Gasteiger charge is -2.16. The van der Waals surface area contributed by atoms with Crippen molar-refractivity contribution in [2.75, 3.05) is 0 Å². The number of hydrazine groups is 1. The van der Waals surface area contributed by atoms with Gasteiger partial charge in [0.15, 0.2) is 0 Å². The maximum absolute atomic E-state index is 11.9. The van der Waals surface area contributed by atoms with Crippen LogP contribution in [0.25, 0.3) is 0 Å². The molecule has 2 unspecified atom stereocenters. The zero-order chi connectivity index (χ0) is 22.7. The average Bonchev–Trinajstić information content (AvgIpc) is 3.20. The molecular weight excluding hydrogens is 389 g/mol. The Kier molecular flexibility index (Phi) is 18.7. The van der Waals surface area contributed by atoms with E-state index in [1.54, 1.807) is 16.9 Å². The summed E-state index contributed by atoms with van der Waals surface area (Å²) in [5, 5.41) is 2.49. The Hall–Kier alpha value is -2.44. The van der Waals surface area contributed by atoms with Gasteiger partial charge in [0, 0.05) is 12.6 Å². The van der Waals surface area contributed by atoms with Gasteiger partial charge >= 0.3 is 6.09 Å². The number of benzene rings is 1. The molecule has 2 atom stereocenters. The highest BCUT2D eigenvalue weighted by molar-refractivity contribution is 7.14. The third kappa shape index (κ3) is 12.6. The highest BCUT2D eigenvalue weighted by atomic mass is 31.0. The Morgan fingerprint density at radius 2 is 1.72 bits per heavy atom. The van der Waals surface area contributed by atoms with E-state index >= 15 is 0 Å². The monoisotopic (exact) mass is 425 g/mol. The molecule has 2 aromatic rings. The van der Waals surface area contributed by atoms with Crippen LogP contribution in [0.4, 0.5) is 4.79 Å². The predicted molar refractivity (Wildman–Crippen MR) is 121 cm³/mol. The number of nitrogens with one attached hydrogen (secondary N) is 2. The van der Waals surface area contributed by atoms with Crippen molar-refractivity contribution in [2.24, 2.45) is 5.84 Å². The normalized spacial score (nSPS) is 9.79. The van der Waals surface area contributed by atoms with E-state index in [0.29, 0.717) is 5.69 Å². The number of imidazole rings is 1. The Morgan fingerprint density at radius 3 is 2.21 bits per heavy atom. The zero-order valence-corrected chi connectivity index (χ0v) is 19.5. The summed E-state index contributed by atoms with van der Waals surface area (Å²) in [4.78, 5) is 27.7. The van der Waals surface area contributed by atoms with Crippen molar-refractivity contribution >= 4 is 21.4 Å². The second kappa shape index (κ2) is 18.9. The highest BCUT2D eigenvalue weighted by Gasteiger charge is 2.22. The van der Waals surface area contributed by atoms with Gasteiger partial charge in [0.2, 0.25) is 0 Å². The van der Waals surface area contributed by atoms with Crippen LogP contribution in [-0.2, 0) is 22.6 Å². The molecule has 1 heterocycles. The highest BCUT2D eigenvalue weighted by Crippen LogP contribution is 2.05. The van der Waals surface area contributed by atoms with Crippen LogP contribution in [-0.4, -0.2) is 27.4 Å². The molecule has 0 saturated carbocycles. The number of hydrogen-bond donors (Lipinski definition) is 3. The number of hydrogen-bond acceptors (Lipinski definition) is 5. The molecule has 1 aromatic carbocycles. The average molecular weight is 426 g/mol. The number of amides is 2. The lowest BCUT2D eigenvalue weighted by atomic mass is 10.1. The van der Waals surface area contributed by atoms with Gasteiger partial charge in [-0.15, -0.1) is 0 Å². The first kappa shape index (κ1) is 28.8. The summed E-state index contributed by atoms with van der Waals surface area (Å²) < 4.78 is 6.76. The second-order valence-corrected chi connectivity index (χ2v) is 5.38. The summed E-state index contributed by atoms with van der Waals surface area (Å²) in [7, 11) is 2.43. The molecule has 1 aromatic heterocycles. The molecule has 0 aliphatic carbocycles. The topological polar surface area (TPSA) is 111 Å². The molecule has 0 aliphatic rings. The molecule has 0 radical (unpaired) electrons. The van der Waals surface area contributed by atoms with Crippen LogP contribution < -0.4 is 16.6 Å². The summed E-state index contributed by atoms with van der Waals surface area (Å²) in [6, 6.07) is 8.37. The molecule has 29 heavy (non-hydrogen) atoms. The fraction of sp³-hybridized carbons (Fsp3) is 0.450. The van der Waals surface area contributed by atoms with Gasteiger partial charge in [-0.1, -0.05) is 71.9 Å². The molecule has 0 spiro atoms. The molecule has 0 bridgehead atoms. The molecule has 0 aliphatic heterocycles. The van der Waals surface area contributed by atoms with Gasteiger partial charge in [-0.3, -0.25) is 10.2 Å². The standard InChI is InChI=1S/C14H18N5O3P.3C2H6/c15-18-13(20)12(6-11-7-19(23)9-16-11)17-14(21)22-8-10-4-2-1-3-5-10;3*1-2/h1-5,7,9,12H,6,8,15,23H2,(H,17,21)(H,18,20);3*1-2H3. The second-order valence-electron chi connectivity index (χ2n) is 4.78. The number of ether oxygens (including phenoxy) is 1. The minimum atomic E-state index is -0.872. The van der Waals surface area contributed by atoms with Gasteiger partial charge < -0.3 is 14.4 Å². The fourth-order valence-corrected chi connectivity index (χ4v) is 2.15. The molecule has 9 heteroatoms. The number of nitrogens with zero attached hydrogens (tertiary/aromatic N) is 2. The van der Waals surface area contributed by atoms with E-state index in [2.05, 4.69) is 19.7 Å². The van der Waals surface area contributed by atoms with Gasteiger partial charge in [0.1, 0.15) is 12.6 Å². The summed E-state index contributed by atoms with van der Waals surface area (Å²) in [6.07, 6.45) is 2.79. The quantitative estimate of drug-likeness (QED) is 0.284. The third-order valence-electron chi connectivity index (χ3n) is 3.03. The van der Waals surface area contributed by atoms with Gasteiger partial charge in [-0.25, -0.2) is 15.6 Å². The minimum absolute atomic E-state index is 0.115. The number of aromatic nitrogens is 2. The van der Waals surface area contributed by atoms with E-state index in [9.17, 15) is 9.59 Å². The first-order valence-electron chi connectivity index (χ1n) is 9.84. The molecule has 0 saturated heterocycles. The molecule has 164 valence electrons. The first-order valence-corrected chi connectivity index (χ1v) is 10.4. The SMILES string of the molecule is CC.CC.CC.NNC(=O)C(Cc1cn(P)cn1)NC(=O)OCc1ccccc1. The number of rotatable bonds is 6. The lowest BCUT2D eigenvalue weighted by molar-refractivity contribution is -0.123. The zero-order valence-electron chi connectivity index (χ0n) is 18.3. The molecule has 8 nitrogen and oxygen atoms in total. The maximum Gasteiger partial charge on any atom is 0.408 e. The summed E-state index contributed by atoms with van der Waals surface area (Å²) in [5.41, 5.74) is 3.51. The largest absolute Gasteiger partial charge is 0.445 e. The van der Waals surface area contributed by atoms with Crippen LogP contribution in [0.15, 0.2) is 42.9 Å². The number of carbonyl (C=O) groups is 2. The van der Waals surface area contributed by atoms with E-state index in [1.165, 1.54) is 0 Å². The Morgan fingerprint density at radius 1 is 1.14 bits per heavy atom. The van der Waals surface area contributed by atoms with Crippen molar-refractivity contribution in [3.05, 3.63) is 54.1 Å². The van der Waals surface area contributed by atoms with E-state index < -0.39 is 18.0 Å². The van der Waals surface area contributed by atoms with E-state index in [1.807, 2.05) is 77.3 Å². The molecule has 4 N–H and O–H groups in total. The van der Waals surface area contributed by atoms with Gasteiger partial charge in [0.05, 0.1) is 12.0 Å². The third-order valence-corrected chi connectivity index (χ3v) is 3.31. The molecule has 0 fully saturated rings. The van der Waals surface area contributed by atoms with Crippen molar-refractivity contribution < 1.29 is 14.3 Å². The van der Waals surface area contributed by atoms with Crippen molar-refractivity contribution in [2.45, 2.75) is 60.6 Å². The Bertz CT molecular complexity index is 665. The van der Waals surface area contributed by atoms with Crippen LogP contribution in [0.5, 0.6) is 0 Å². The molecule has 2 amide bonds. The van der Waals surface area contributed by atoms with Crippen molar-refractivity contribution in [1.82, 2.24) is 20.1 Å². The fourth-order valence-electron chi connectivity index (χ4n) is 1.91. The van der Waals surface area contributed by atoms with Crippen LogP contribution in [0.3, 0.4) is 0 Å². The maximum atomic E-state index is 11.9. The minimum Gasteiger partial charge on any atom is -0.445 e. The molecular formula is C20H36N5O3P. The predicted octanol–water partition coefficient (Wildman–Crippen LogP) is 3.43. The van der Waals surface area contributed by atoms with E-state index in [-0.39, 0.29) is 13.0 Å². The summed E-state index contributed by atoms with van der Waals surface area (Å²) in [5.74, 6) is 4.62. The van der Waals surface area contributed by atoms with Crippen molar-refractivity contribution in [1.29, 1.82) is 0 Å². The Balaban J connectivity index is 0. The summed E-state index contributed by atoms with van der Waals surface area (Å²) >= 11 is 0. The van der Waals surface area contributed by atoms with Crippen LogP contribution >= 0.6 is 9.39 Å². The van der Waals surface area contributed by atoms with E-state index in [4.69, 9.17) is 10.6 Å². The number of alkyl carbamates (subject to hydrolysis) is 1. The van der Waals surface area contributed by atoms with Gasteiger partial charge in [-0.2, -0.15) is 0 Å². The number of nitrogens with two attached hydrogens (primary N) is 1. The van der Waals surface area contributed by atoms with Gasteiger partial charge in [0.25, 0.3) is 5.91 Å². The first-order chi connectivity index (χ1) is 14.1. The molecule has 2 rings (SSSR count). The lowest BCUT2D eigenvalue weighted by Crippen LogP contribution is -2.50. The summed E-state index contributed by atoms with van der Waals surface area (Å²) in [6.45, 7) is 12.1. The Labute approximate surface area is 176 Å². The van der Waals surface area contributed by atoms with Crippen LogP contribution in [0.2, 0.25) is 0 Å². The smallest absolute Gasteiger partial charge is 0.408 e.